The van der Waals surface area contributed by atoms with E-state index in [1.807, 2.05) is 32.9 Å². The molecule has 0 aromatic heterocycles. The molecule has 0 aliphatic carbocycles. The zero-order valence-corrected chi connectivity index (χ0v) is 15.2. The molecule has 132 valence electrons. The van der Waals surface area contributed by atoms with Crippen LogP contribution in [0, 0.1) is 26.7 Å². The molecule has 0 saturated carbocycles. The van der Waals surface area contributed by atoms with Crippen molar-refractivity contribution in [2.45, 2.75) is 47.0 Å². The van der Waals surface area contributed by atoms with Crippen molar-refractivity contribution in [3.05, 3.63) is 34.4 Å². The molecule has 1 atom stereocenters. The SMILES string of the molecule is Cc1cc(C)c(C(=O)CCCC(=O)N(C)CC(C)C(=O)O)c(C)c1. The molecule has 1 aromatic rings. The van der Waals surface area contributed by atoms with Gasteiger partial charge in [-0.1, -0.05) is 24.6 Å². The molecular weight excluding hydrogens is 306 g/mol. The van der Waals surface area contributed by atoms with Crippen molar-refractivity contribution >= 4 is 17.7 Å². The fraction of sp³-hybridized carbons (Fsp3) is 0.526. The molecule has 0 aliphatic heterocycles. The zero-order chi connectivity index (χ0) is 18.4. The van der Waals surface area contributed by atoms with Crippen LogP contribution >= 0.6 is 0 Å². The van der Waals surface area contributed by atoms with Gasteiger partial charge in [0.15, 0.2) is 5.78 Å². The standard InChI is InChI=1S/C19H27NO4/c1-12-9-13(2)18(14(3)10-12)16(21)7-6-8-17(22)20(5)11-15(4)19(23)24/h9-10,15H,6-8,11H2,1-5H3,(H,23,24). The van der Waals surface area contributed by atoms with E-state index in [0.717, 1.165) is 22.3 Å². The Hall–Kier alpha value is -2.17. The fourth-order valence-corrected chi connectivity index (χ4v) is 2.93. The molecule has 0 fully saturated rings. The Kier molecular flexibility index (Phi) is 7.14. The fourth-order valence-electron chi connectivity index (χ4n) is 2.93. The number of amides is 1. The average molecular weight is 333 g/mol. The molecule has 1 unspecified atom stereocenters. The first-order valence-electron chi connectivity index (χ1n) is 8.21. The van der Waals surface area contributed by atoms with Crippen molar-refractivity contribution in [2.24, 2.45) is 5.92 Å². The number of hydrogen-bond donors (Lipinski definition) is 1. The number of aryl methyl sites for hydroxylation is 3. The summed E-state index contributed by atoms with van der Waals surface area (Å²) in [6.45, 7) is 7.61. The predicted octanol–water partition coefficient (Wildman–Crippen LogP) is 3.14. The van der Waals surface area contributed by atoms with Gasteiger partial charge in [-0.2, -0.15) is 0 Å². The van der Waals surface area contributed by atoms with Gasteiger partial charge in [-0.05, 0) is 38.3 Å². The molecule has 24 heavy (non-hydrogen) atoms. The zero-order valence-electron chi connectivity index (χ0n) is 15.2. The molecule has 0 saturated heterocycles. The Balaban J connectivity index is 2.54. The van der Waals surface area contributed by atoms with Gasteiger partial charge in [0.05, 0.1) is 5.92 Å². The average Bonchev–Trinajstić information content (AvgIpc) is 2.45. The van der Waals surface area contributed by atoms with E-state index < -0.39 is 11.9 Å². The molecule has 1 aromatic carbocycles. The maximum absolute atomic E-state index is 12.4. The lowest BCUT2D eigenvalue weighted by Crippen LogP contribution is -2.33. The first kappa shape index (κ1) is 19.9. The first-order chi connectivity index (χ1) is 11.1. The minimum atomic E-state index is -0.921. The summed E-state index contributed by atoms with van der Waals surface area (Å²) in [5, 5.41) is 8.88. The van der Waals surface area contributed by atoms with Gasteiger partial charge in [0, 0.05) is 32.0 Å². The third-order valence-electron chi connectivity index (χ3n) is 4.15. The van der Waals surface area contributed by atoms with E-state index in [4.69, 9.17) is 5.11 Å². The highest BCUT2D eigenvalue weighted by Gasteiger charge is 2.18. The summed E-state index contributed by atoms with van der Waals surface area (Å²) in [6.07, 6.45) is 1.04. The number of carbonyl (C=O) groups is 3. The molecule has 0 heterocycles. The van der Waals surface area contributed by atoms with Gasteiger partial charge >= 0.3 is 5.97 Å². The molecule has 1 rings (SSSR count). The normalized spacial score (nSPS) is 11.9. The minimum Gasteiger partial charge on any atom is -0.481 e. The summed E-state index contributed by atoms with van der Waals surface area (Å²) in [7, 11) is 1.60. The second-order valence-electron chi connectivity index (χ2n) is 6.56. The smallest absolute Gasteiger partial charge is 0.308 e. The van der Waals surface area contributed by atoms with Gasteiger partial charge < -0.3 is 10.0 Å². The summed E-state index contributed by atoms with van der Waals surface area (Å²) in [6, 6.07) is 3.99. The Morgan fingerprint density at radius 3 is 2.12 bits per heavy atom. The number of rotatable bonds is 8. The number of Topliss-reactive ketones (excluding diaryl/α,β-unsaturated/α-hetero) is 1. The van der Waals surface area contributed by atoms with E-state index in [0.29, 0.717) is 12.8 Å². The van der Waals surface area contributed by atoms with E-state index in [-0.39, 0.29) is 24.7 Å². The van der Waals surface area contributed by atoms with Crippen LogP contribution in [0.2, 0.25) is 0 Å². The largest absolute Gasteiger partial charge is 0.481 e. The third kappa shape index (κ3) is 5.48. The molecule has 0 spiro atoms. The van der Waals surface area contributed by atoms with Crippen LogP contribution in [0.3, 0.4) is 0 Å². The summed E-state index contributed by atoms with van der Waals surface area (Å²) in [5.74, 6) is -1.60. The maximum Gasteiger partial charge on any atom is 0.308 e. The van der Waals surface area contributed by atoms with Crippen LogP contribution in [0.15, 0.2) is 12.1 Å². The maximum atomic E-state index is 12.4. The van der Waals surface area contributed by atoms with Crippen LogP contribution in [-0.2, 0) is 9.59 Å². The van der Waals surface area contributed by atoms with Gasteiger partial charge in [0.1, 0.15) is 0 Å². The molecule has 0 aliphatic rings. The number of carboxylic acid groups (broad SMARTS) is 1. The first-order valence-corrected chi connectivity index (χ1v) is 8.21. The number of carboxylic acids is 1. The van der Waals surface area contributed by atoms with Crippen LogP contribution in [0.25, 0.3) is 0 Å². The van der Waals surface area contributed by atoms with Crippen molar-refractivity contribution < 1.29 is 19.5 Å². The number of carbonyl (C=O) groups excluding carboxylic acids is 2. The van der Waals surface area contributed by atoms with Crippen molar-refractivity contribution in [3.8, 4) is 0 Å². The lowest BCUT2D eigenvalue weighted by atomic mass is 9.94. The minimum absolute atomic E-state index is 0.0550. The quantitative estimate of drug-likeness (QED) is 0.742. The Labute approximate surface area is 143 Å². The Morgan fingerprint density at radius 1 is 1.08 bits per heavy atom. The molecule has 1 N–H and O–H groups in total. The number of aliphatic carboxylic acids is 1. The van der Waals surface area contributed by atoms with Crippen molar-refractivity contribution in [3.63, 3.8) is 0 Å². The lowest BCUT2D eigenvalue weighted by Gasteiger charge is -2.19. The highest BCUT2D eigenvalue weighted by molar-refractivity contribution is 5.99. The van der Waals surface area contributed by atoms with Crippen molar-refractivity contribution in [1.29, 1.82) is 0 Å². The van der Waals surface area contributed by atoms with E-state index in [9.17, 15) is 14.4 Å². The number of ketones is 1. The van der Waals surface area contributed by atoms with E-state index in [2.05, 4.69) is 0 Å². The summed E-state index contributed by atoms with van der Waals surface area (Å²) >= 11 is 0. The van der Waals surface area contributed by atoms with Crippen LogP contribution < -0.4 is 0 Å². The van der Waals surface area contributed by atoms with Gasteiger partial charge in [0.2, 0.25) is 5.91 Å². The second-order valence-corrected chi connectivity index (χ2v) is 6.56. The van der Waals surface area contributed by atoms with E-state index >= 15 is 0 Å². The lowest BCUT2D eigenvalue weighted by molar-refractivity contribution is -0.142. The van der Waals surface area contributed by atoms with Crippen LogP contribution in [0.4, 0.5) is 0 Å². The van der Waals surface area contributed by atoms with Crippen molar-refractivity contribution in [1.82, 2.24) is 4.90 Å². The van der Waals surface area contributed by atoms with Crippen LogP contribution in [-0.4, -0.2) is 41.3 Å². The number of hydrogen-bond acceptors (Lipinski definition) is 3. The molecule has 0 radical (unpaired) electrons. The van der Waals surface area contributed by atoms with Crippen molar-refractivity contribution in [2.75, 3.05) is 13.6 Å². The summed E-state index contributed by atoms with van der Waals surface area (Å²) < 4.78 is 0. The number of benzene rings is 1. The van der Waals surface area contributed by atoms with Gasteiger partial charge in [-0.3, -0.25) is 14.4 Å². The summed E-state index contributed by atoms with van der Waals surface area (Å²) in [4.78, 5) is 36.7. The van der Waals surface area contributed by atoms with Gasteiger partial charge in [0.25, 0.3) is 0 Å². The third-order valence-corrected chi connectivity index (χ3v) is 4.15. The van der Waals surface area contributed by atoms with E-state index in [1.54, 1.807) is 14.0 Å². The molecular formula is C19H27NO4. The predicted molar refractivity (Wildman–Crippen MR) is 93.3 cm³/mol. The highest BCUT2D eigenvalue weighted by atomic mass is 16.4. The van der Waals surface area contributed by atoms with E-state index in [1.165, 1.54) is 4.90 Å². The topological polar surface area (TPSA) is 74.7 Å². The van der Waals surface area contributed by atoms with Gasteiger partial charge in [-0.15, -0.1) is 0 Å². The second kappa shape index (κ2) is 8.62. The molecule has 1 amide bonds. The number of nitrogens with zero attached hydrogens (tertiary/aromatic N) is 1. The van der Waals surface area contributed by atoms with Crippen LogP contribution in [0.5, 0.6) is 0 Å². The molecule has 5 nitrogen and oxygen atoms in total. The highest BCUT2D eigenvalue weighted by Crippen LogP contribution is 2.19. The molecule has 5 heteroatoms. The monoisotopic (exact) mass is 333 g/mol. The molecule has 0 bridgehead atoms. The Morgan fingerprint density at radius 2 is 1.62 bits per heavy atom. The Bertz CT molecular complexity index is 613. The van der Waals surface area contributed by atoms with Gasteiger partial charge in [-0.25, -0.2) is 0 Å². The van der Waals surface area contributed by atoms with Crippen LogP contribution in [0.1, 0.15) is 53.2 Å². The summed E-state index contributed by atoms with van der Waals surface area (Å²) in [5.41, 5.74) is 3.82.